The lowest BCUT2D eigenvalue weighted by molar-refractivity contribution is 0.397. The summed E-state index contributed by atoms with van der Waals surface area (Å²) >= 11 is 3.52. The average Bonchev–Trinajstić information content (AvgIpc) is 3.04. The molecule has 1 heterocycles. The third-order valence-electron chi connectivity index (χ3n) is 4.81. The molecule has 0 radical (unpaired) electrons. The molecule has 1 N–H and O–H groups in total. The van der Waals surface area contributed by atoms with E-state index < -0.39 is 0 Å². The van der Waals surface area contributed by atoms with Gasteiger partial charge in [0.15, 0.2) is 0 Å². The topological polar surface area (TPSA) is 21.3 Å². The average molecular weight is 356 g/mol. The van der Waals surface area contributed by atoms with Gasteiger partial charge in [-0.1, -0.05) is 52.3 Å². The van der Waals surface area contributed by atoms with Gasteiger partial charge in [0.05, 0.1) is 18.8 Å². The number of anilines is 1. The Balaban J connectivity index is 1.81. The van der Waals surface area contributed by atoms with E-state index in [9.17, 15) is 0 Å². The van der Waals surface area contributed by atoms with Crippen LogP contribution in [-0.4, -0.2) is 7.11 Å². The lowest BCUT2D eigenvalue weighted by atomic mass is 9.77. The summed E-state index contributed by atoms with van der Waals surface area (Å²) in [6.07, 6.45) is 5.79. The Morgan fingerprint density at radius 2 is 1.95 bits per heavy atom. The van der Waals surface area contributed by atoms with Gasteiger partial charge in [-0.3, -0.25) is 0 Å². The second-order valence-electron chi connectivity index (χ2n) is 5.95. The second kappa shape index (κ2) is 5.47. The maximum atomic E-state index is 5.57. The molecule has 0 fully saturated rings. The molecule has 2 aliphatic rings. The molecule has 0 amide bonds. The molecule has 3 atom stereocenters. The van der Waals surface area contributed by atoms with Crippen LogP contribution in [-0.2, 0) is 0 Å². The number of methoxy groups -OCH3 is 1. The normalized spacial score (nSPS) is 25.3. The fourth-order valence-corrected chi connectivity index (χ4v) is 4.03. The smallest absolute Gasteiger partial charge is 0.142 e. The predicted octanol–water partition coefficient (Wildman–Crippen LogP) is 5.28. The predicted molar refractivity (Wildman–Crippen MR) is 93.5 cm³/mol. The Bertz CT molecular complexity index is 723. The maximum Gasteiger partial charge on any atom is 0.142 e. The van der Waals surface area contributed by atoms with Crippen molar-refractivity contribution in [3.05, 3.63) is 70.2 Å². The lowest BCUT2D eigenvalue weighted by Crippen LogP contribution is -2.29. The third kappa shape index (κ3) is 2.15. The van der Waals surface area contributed by atoms with Crippen LogP contribution in [0.4, 0.5) is 5.69 Å². The summed E-state index contributed by atoms with van der Waals surface area (Å²) in [5, 5.41) is 3.74. The Labute approximate surface area is 139 Å². The first-order valence-corrected chi connectivity index (χ1v) is 8.43. The van der Waals surface area contributed by atoms with E-state index in [1.165, 1.54) is 11.1 Å². The number of hydrogen-bond acceptors (Lipinski definition) is 2. The molecule has 0 unspecified atom stereocenters. The van der Waals surface area contributed by atoms with E-state index in [1.807, 2.05) is 6.07 Å². The highest BCUT2D eigenvalue weighted by Gasteiger charge is 2.38. The minimum atomic E-state index is 0.317. The van der Waals surface area contributed by atoms with Crippen LogP contribution in [0.5, 0.6) is 5.75 Å². The Kier molecular flexibility index (Phi) is 3.45. The highest BCUT2D eigenvalue weighted by molar-refractivity contribution is 9.10. The highest BCUT2D eigenvalue weighted by atomic mass is 79.9. The molecule has 2 aromatic rings. The fourth-order valence-electron chi connectivity index (χ4n) is 3.76. The van der Waals surface area contributed by atoms with Gasteiger partial charge in [-0.2, -0.15) is 0 Å². The summed E-state index contributed by atoms with van der Waals surface area (Å²) in [6.45, 7) is 0. The minimum Gasteiger partial charge on any atom is -0.495 e. The molecule has 22 heavy (non-hydrogen) atoms. The van der Waals surface area contributed by atoms with Crippen LogP contribution in [0.2, 0.25) is 0 Å². The molecule has 4 rings (SSSR count). The molecule has 112 valence electrons. The Morgan fingerprint density at radius 3 is 2.73 bits per heavy atom. The van der Waals surface area contributed by atoms with Crippen molar-refractivity contribution in [2.75, 3.05) is 12.4 Å². The van der Waals surface area contributed by atoms with Crippen LogP contribution in [0.3, 0.4) is 0 Å². The number of ether oxygens (including phenoxy) is 1. The van der Waals surface area contributed by atoms with Crippen LogP contribution in [0, 0.1) is 5.92 Å². The molecule has 2 aromatic carbocycles. The zero-order valence-electron chi connectivity index (χ0n) is 12.4. The minimum absolute atomic E-state index is 0.317. The number of rotatable bonds is 2. The molecule has 0 saturated heterocycles. The second-order valence-corrected chi connectivity index (χ2v) is 6.87. The summed E-state index contributed by atoms with van der Waals surface area (Å²) in [7, 11) is 1.74. The van der Waals surface area contributed by atoms with Crippen LogP contribution in [0.25, 0.3) is 0 Å². The van der Waals surface area contributed by atoms with Crippen LogP contribution in [0.15, 0.2) is 59.1 Å². The van der Waals surface area contributed by atoms with E-state index in [4.69, 9.17) is 4.74 Å². The number of hydrogen-bond donors (Lipinski definition) is 1. The summed E-state index contributed by atoms with van der Waals surface area (Å²) in [5.41, 5.74) is 3.83. The number of benzene rings is 2. The quantitative estimate of drug-likeness (QED) is 0.739. The molecule has 2 nitrogen and oxygen atoms in total. The number of allylic oxidation sites excluding steroid dienone is 2. The van der Waals surface area contributed by atoms with E-state index in [1.54, 1.807) is 7.11 Å². The van der Waals surface area contributed by atoms with Gasteiger partial charge in [-0.15, -0.1) is 0 Å². The van der Waals surface area contributed by atoms with Crippen LogP contribution in [0.1, 0.15) is 29.5 Å². The van der Waals surface area contributed by atoms with E-state index in [2.05, 4.69) is 69.8 Å². The summed E-state index contributed by atoms with van der Waals surface area (Å²) in [4.78, 5) is 0. The lowest BCUT2D eigenvalue weighted by Gasteiger charge is -2.38. The van der Waals surface area contributed by atoms with Crippen LogP contribution >= 0.6 is 15.9 Å². The SMILES string of the molecule is COc1cccc2c1N[C@H](c1ccc(Br)cc1)[C@H]1CC=C[C@H]21. The largest absolute Gasteiger partial charge is 0.495 e. The molecule has 0 saturated carbocycles. The van der Waals surface area contributed by atoms with Gasteiger partial charge in [-0.25, -0.2) is 0 Å². The summed E-state index contributed by atoms with van der Waals surface area (Å²) in [5.74, 6) is 1.97. The van der Waals surface area contributed by atoms with Crippen molar-refractivity contribution in [1.82, 2.24) is 0 Å². The Morgan fingerprint density at radius 1 is 1.14 bits per heavy atom. The summed E-state index contributed by atoms with van der Waals surface area (Å²) in [6, 6.07) is 15.3. The molecule has 1 aliphatic carbocycles. The van der Waals surface area contributed by atoms with Crippen LogP contribution < -0.4 is 10.1 Å². The van der Waals surface area contributed by atoms with E-state index in [-0.39, 0.29) is 0 Å². The van der Waals surface area contributed by atoms with E-state index >= 15 is 0 Å². The molecule has 0 spiro atoms. The molecule has 3 heteroatoms. The van der Waals surface area contributed by atoms with Gasteiger partial charge in [0.1, 0.15) is 5.75 Å². The first-order chi connectivity index (χ1) is 10.8. The van der Waals surface area contributed by atoms with Gasteiger partial charge in [0, 0.05) is 10.4 Å². The zero-order valence-corrected chi connectivity index (χ0v) is 14.0. The van der Waals surface area contributed by atoms with Crippen molar-refractivity contribution < 1.29 is 4.74 Å². The third-order valence-corrected chi connectivity index (χ3v) is 5.34. The molecule has 0 aromatic heterocycles. The van der Waals surface area contributed by atoms with Gasteiger partial charge in [0.25, 0.3) is 0 Å². The first kappa shape index (κ1) is 13.9. The highest BCUT2D eigenvalue weighted by Crippen LogP contribution is 2.52. The monoisotopic (exact) mass is 355 g/mol. The van der Waals surface area contributed by atoms with Crippen molar-refractivity contribution in [2.45, 2.75) is 18.4 Å². The zero-order chi connectivity index (χ0) is 15.1. The van der Waals surface area contributed by atoms with E-state index in [0.29, 0.717) is 17.9 Å². The molecular formula is C19H18BrNO. The van der Waals surface area contributed by atoms with Gasteiger partial charge in [0.2, 0.25) is 0 Å². The number of halogens is 1. The molecule has 1 aliphatic heterocycles. The first-order valence-electron chi connectivity index (χ1n) is 7.63. The van der Waals surface area contributed by atoms with Gasteiger partial charge >= 0.3 is 0 Å². The van der Waals surface area contributed by atoms with Gasteiger partial charge < -0.3 is 10.1 Å². The number of fused-ring (bicyclic) bond motifs is 3. The Hall–Kier alpha value is -1.74. The summed E-state index contributed by atoms with van der Waals surface area (Å²) < 4.78 is 6.69. The van der Waals surface area contributed by atoms with E-state index in [0.717, 1.165) is 22.3 Å². The number of nitrogens with one attached hydrogen (secondary N) is 1. The maximum absolute atomic E-state index is 5.57. The van der Waals surface area contributed by atoms with Gasteiger partial charge in [-0.05, 0) is 41.7 Å². The van der Waals surface area contributed by atoms with Crippen molar-refractivity contribution in [3.8, 4) is 5.75 Å². The van der Waals surface area contributed by atoms with Crippen molar-refractivity contribution in [2.24, 2.45) is 5.92 Å². The number of para-hydroxylation sites is 1. The van der Waals surface area contributed by atoms with Crippen molar-refractivity contribution in [3.63, 3.8) is 0 Å². The molecule has 0 bridgehead atoms. The van der Waals surface area contributed by atoms with Crippen molar-refractivity contribution in [1.29, 1.82) is 0 Å². The fraction of sp³-hybridized carbons (Fsp3) is 0.263. The van der Waals surface area contributed by atoms with Crippen molar-refractivity contribution >= 4 is 21.6 Å². The standard InChI is InChI=1S/C19H18BrNO/c1-22-17-7-3-6-16-14-4-2-5-15(14)18(21-19(16)17)12-8-10-13(20)11-9-12/h2-4,6-11,14-15,18,21H,5H2,1H3/t14-,15-,18+/m0/s1. The molecular weight excluding hydrogens is 338 g/mol.